The molecule has 1 aromatic carbocycles. The number of para-hydroxylation sites is 1. The first kappa shape index (κ1) is 20.9. The first-order valence-electron chi connectivity index (χ1n) is 9.40. The zero-order valence-electron chi connectivity index (χ0n) is 17.0. The van der Waals surface area contributed by atoms with E-state index in [1.165, 1.54) is 18.3 Å². The van der Waals surface area contributed by atoms with Crippen LogP contribution in [0.3, 0.4) is 0 Å². The van der Waals surface area contributed by atoms with Gasteiger partial charge in [0.25, 0.3) is 5.91 Å². The van der Waals surface area contributed by atoms with Gasteiger partial charge in [0.05, 0.1) is 12.1 Å². The van der Waals surface area contributed by atoms with Gasteiger partial charge in [0.15, 0.2) is 0 Å². The predicted octanol–water partition coefficient (Wildman–Crippen LogP) is 4.25. The van der Waals surface area contributed by atoms with Crippen LogP contribution >= 0.6 is 11.3 Å². The zero-order valence-corrected chi connectivity index (χ0v) is 17.8. The first-order chi connectivity index (χ1) is 13.6. The SMILES string of the molecule is CC(=O)Nc1sc2c(c1C(=O)Nc1ccccc1)CCN(C(=O)OC(C)(C)C)C2. The number of rotatable bonds is 3. The van der Waals surface area contributed by atoms with E-state index in [0.29, 0.717) is 35.8 Å². The van der Waals surface area contributed by atoms with E-state index in [1.807, 2.05) is 39.0 Å². The first-order valence-corrected chi connectivity index (χ1v) is 10.2. The standard InChI is InChI=1S/C21H25N3O4S/c1-13(25)22-19-17(18(26)23-14-8-6-5-7-9-14)15-10-11-24(12-16(15)29-19)20(27)28-21(2,3)4/h5-9H,10-12H2,1-4H3,(H,22,25)(H,23,26). The Hall–Kier alpha value is -2.87. The average molecular weight is 416 g/mol. The van der Waals surface area contributed by atoms with Crippen molar-refractivity contribution in [3.05, 3.63) is 46.3 Å². The Balaban J connectivity index is 1.87. The van der Waals surface area contributed by atoms with Gasteiger partial charge >= 0.3 is 6.09 Å². The number of hydrogen-bond acceptors (Lipinski definition) is 5. The van der Waals surface area contributed by atoms with Gasteiger partial charge in [-0.25, -0.2) is 4.79 Å². The molecule has 1 aromatic heterocycles. The van der Waals surface area contributed by atoms with E-state index in [1.54, 1.807) is 17.0 Å². The molecule has 0 atom stereocenters. The monoisotopic (exact) mass is 415 g/mol. The van der Waals surface area contributed by atoms with Gasteiger partial charge in [-0.1, -0.05) is 18.2 Å². The minimum Gasteiger partial charge on any atom is -0.444 e. The molecule has 2 N–H and O–H groups in total. The van der Waals surface area contributed by atoms with Crippen molar-refractivity contribution in [2.45, 2.75) is 46.3 Å². The van der Waals surface area contributed by atoms with Crippen molar-refractivity contribution in [1.29, 1.82) is 0 Å². The number of carbonyl (C=O) groups is 3. The van der Waals surface area contributed by atoms with Crippen LogP contribution < -0.4 is 10.6 Å². The number of nitrogens with one attached hydrogen (secondary N) is 2. The molecule has 0 bridgehead atoms. The van der Waals surface area contributed by atoms with Gasteiger partial charge in [0.2, 0.25) is 5.91 Å². The lowest BCUT2D eigenvalue weighted by molar-refractivity contribution is -0.114. The maximum absolute atomic E-state index is 13.0. The van der Waals surface area contributed by atoms with Crippen LogP contribution in [0.4, 0.5) is 15.5 Å². The van der Waals surface area contributed by atoms with Crippen LogP contribution in [0.2, 0.25) is 0 Å². The van der Waals surface area contributed by atoms with Gasteiger partial charge in [-0.2, -0.15) is 0 Å². The summed E-state index contributed by atoms with van der Waals surface area (Å²) in [5.41, 5.74) is 1.44. The Kier molecular flexibility index (Phi) is 5.93. The number of benzene rings is 1. The van der Waals surface area contributed by atoms with Gasteiger partial charge in [-0.05, 0) is 44.9 Å². The van der Waals surface area contributed by atoms with Crippen LogP contribution in [-0.4, -0.2) is 35.0 Å². The summed E-state index contributed by atoms with van der Waals surface area (Å²) in [5, 5.41) is 6.15. The van der Waals surface area contributed by atoms with Crippen LogP contribution in [-0.2, 0) is 22.5 Å². The van der Waals surface area contributed by atoms with Gasteiger partial charge in [-0.3, -0.25) is 9.59 Å². The number of amides is 3. The molecule has 0 radical (unpaired) electrons. The smallest absolute Gasteiger partial charge is 0.410 e. The number of hydrogen-bond donors (Lipinski definition) is 2. The summed E-state index contributed by atoms with van der Waals surface area (Å²) in [7, 11) is 0. The minimum atomic E-state index is -0.575. The molecule has 0 saturated carbocycles. The van der Waals surface area contributed by atoms with Crippen LogP contribution in [0.25, 0.3) is 0 Å². The highest BCUT2D eigenvalue weighted by atomic mass is 32.1. The molecular weight excluding hydrogens is 390 g/mol. The molecule has 1 aliphatic rings. The predicted molar refractivity (Wildman–Crippen MR) is 113 cm³/mol. The third kappa shape index (κ3) is 5.14. The van der Waals surface area contributed by atoms with Crippen LogP contribution in [0, 0.1) is 0 Å². The van der Waals surface area contributed by atoms with Crippen molar-refractivity contribution >= 4 is 39.9 Å². The average Bonchev–Trinajstić information content (AvgIpc) is 2.97. The van der Waals surface area contributed by atoms with E-state index in [9.17, 15) is 14.4 Å². The van der Waals surface area contributed by atoms with E-state index in [4.69, 9.17) is 4.74 Å². The fourth-order valence-corrected chi connectivity index (χ4v) is 4.40. The molecule has 2 aromatic rings. The third-order valence-corrected chi connectivity index (χ3v) is 5.39. The second-order valence-corrected chi connectivity index (χ2v) is 8.97. The van der Waals surface area contributed by atoms with Crippen molar-refractivity contribution < 1.29 is 19.1 Å². The summed E-state index contributed by atoms with van der Waals surface area (Å²) in [5.74, 6) is -0.524. The van der Waals surface area contributed by atoms with Crippen molar-refractivity contribution in [1.82, 2.24) is 4.90 Å². The van der Waals surface area contributed by atoms with E-state index in [2.05, 4.69) is 10.6 Å². The van der Waals surface area contributed by atoms with Crippen LogP contribution in [0.15, 0.2) is 30.3 Å². The summed E-state index contributed by atoms with van der Waals surface area (Å²) in [6.07, 6.45) is 0.135. The molecule has 0 spiro atoms. The largest absolute Gasteiger partial charge is 0.444 e. The molecule has 3 rings (SSSR count). The van der Waals surface area contributed by atoms with Gasteiger partial charge in [0, 0.05) is 24.0 Å². The summed E-state index contributed by atoms with van der Waals surface area (Å²) in [6.45, 7) is 7.68. The van der Waals surface area contributed by atoms with E-state index >= 15 is 0 Å². The molecule has 8 heteroatoms. The van der Waals surface area contributed by atoms with E-state index in [-0.39, 0.29) is 17.9 Å². The van der Waals surface area contributed by atoms with Gasteiger partial charge in [-0.15, -0.1) is 11.3 Å². The minimum absolute atomic E-state index is 0.249. The maximum Gasteiger partial charge on any atom is 0.410 e. The Morgan fingerprint density at radius 3 is 2.41 bits per heavy atom. The molecule has 0 unspecified atom stereocenters. The van der Waals surface area contributed by atoms with Crippen molar-refractivity contribution in [2.75, 3.05) is 17.2 Å². The Labute approximate surface area is 174 Å². The molecular formula is C21H25N3O4S. The molecule has 0 saturated heterocycles. The van der Waals surface area contributed by atoms with E-state index < -0.39 is 5.60 Å². The Bertz CT molecular complexity index is 931. The topological polar surface area (TPSA) is 87.7 Å². The lowest BCUT2D eigenvalue weighted by atomic mass is 10.0. The summed E-state index contributed by atoms with van der Waals surface area (Å²) >= 11 is 1.33. The highest BCUT2D eigenvalue weighted by molar-refractivity contribution is 7.17. The Morgan fingerprint density at radius 1 is 1.10 bits per heavy atom. The lowest BCUT2D eigenvalue weighted by Crippen LogP contribution is -2.39. The number of ether oxygens (including phenoxy) is 1. The third-order valence-electron chi connectivity index (χ3n) is 4.26. The molecule has 7 nitrogen and oxygen atoms in total. The number of anilines is 2. The van der Waals surface area contributed by atoms with E-state index in [0.717, 1.165) is 10.4 Å². The molecule has 2 heterocycles. The summed E-state index contributed by atoms with van der Waals surface area (Å²) in [6, 6.07) is 9.16. The second kappa shape index (κ2) is 8.24. The highest BCUT2D eigenvalue weighted by Gasteiger charge is 2.32. The number of nitrogens with zero attached hydrogens (tertiary/aromatic N) is 1. The fourth-order valence-electron chi connectivity index (χ4n) is 3.09. The number of carbonyl (C=O) groups excluding carboxylic acids is 3. The summed E-state index contributed by atoms with van der Waals surface area (Å²) < 4.78 is 5.46. The summed E-state index contributed by atoms with van der Waals surface area (Å²) in [4.78, 5) is 39.6. The Morgan fingerprint density at radius 2 is 1.79 bits per heavy atom. The molecule has 0 fully saturated rings. The van der Waals surface area contributed by atoms with Gasteiger partial charge < -0.3 is 20.3 Å². The molecule has 1 aliphatic heterocycles. The van der Waals surface area contributed by atoms with Gasteiger partial charge in [0.1, 0.15) is 10.6 Å². The van der Waals surface area contributed by atoms with Crippen molar-refractivity contribution in [3.63, 3.8) is 0 Å². The lowest BCUT2D eigenvalue weighted by Gasteiger charge is -2.30. The van der Waals surface area contributed by atoms with Crippen molar-refractivity contribution in [2.24, 2.45) is 0 Å². The number of fused-ring (bicyclic) bond motifs is 1. The zero-order chi connectivity index (χ0) is 21.2. The van der Waals surface area contributed by atoms with Crippen molar-refractivity contribution in [3.8, 4) is 0 Å². The quantitative estimate of drug-likeness (QED) is 0.784. The normalized spacial score (nSPS) is 13.4. The molecule has 0 aliphatic carbocycles. The fraction of sp³-hybridized carbons (Fsp3) is 0.381. The molecule has 29 heavy (non-hydrogen) atoms. The molecule has 3 amide bonds. The maximum atomic E-state index is 13.0. The highest BCUT2D eigenvalue weighted by Crippen LogP contribution is 2.38. The van der Waals surface area contributed by atoms with Crippen LogP contribution in [0.5, 0.6) is 0 Å². The van der Waals surface area contributed by atoms with Crippen LogP contribution in [0.1, 0.15) is 48.5 Å². The number of thiophene rings is 1. The second-order valence-electron chi connectivity index (χ2n) is 7.86. The molecule has 154 valence electrons.